The van der Waals surface area contributed by atoms with E-state index in [2.05, 4.69) is 17.2 Å². The Labute approximate surface area is 197 Å². The van der Waals surface area contributed by atoms with Crippen LogP contribution in [0.2, 0.25) is 0 Å². The van der Waals surface area contributed by atoms with Crippen LogP contribution in [0.25, 0.3) is 11.0 Å². The molecule has 0 spiro atoms. The van der Waals surface area contributed by atoms with Gasteiger partial charge in [-0.25, -0.2) is 17.7 Å². The van der Waals surface area contributed by atoms with Gasteiger partial charge in [0, 0.05) is 40.0 Å². The molecule has 4 bridgehead atoms. The number of imidazole rings is 1. The van der Waals surface area contributed by atoms with Crippen LogP contribution >= 0.6 is 0 Å². The van der Waals surface area contributed by atoms with Gasteiger partial charge in [-0.1, -0.05) is 0 Å². The molecular formula is C25H36N4O3S. The number of benzene rings is 1. The molecule has 1 aromatic heterocycles. The highest BCUT2D eigenvalue weighted by molar-refractivity contribution is 7.89. The first kappa shape index (κ1) is 22.8. The van der Waals surface area contributed by atoms with Gasteiger partial charge in [-0.2, -0.15) is 0 Å². The number of aryl methyl sites for hydroxylation is 2. The van der Waals surface area contributed by atoms with E-state index in [-0.39, 0.29) is 16.8 Å². The smallest absolute Gasteiger partial charge is 0.242 e. The van der Waals surface area contributed by atoms with Gasteiger partial charge < -0.3 is 9.88 Å². The molecule has 4 aliphatic rings. The van der Waals surface area contributed by atoms with Crippen molar-refractivity contribution in [3.63, 3.8) is 0 Å². The SMILES string of the molecule is C[C@@H](NC(=O)CCc1nc2cc(S(=O)(=O)N(C)C)ccc2n1C)C12CC3CC(CC(C3)C1)C2. The monoisotopic (exact) mass is 472 g/mol. The van der Waals surface area contributed by atoms with E-state index in [0.29, 0.717) is 23.8 Å². The highest BCUT2D eigenvalue weighted by Crippen LogP contribution is 2.61. The number of nitrogens with one attached hydrogen (secondary N) is 1. The lowest BCUT2D eigenvalue weighted by atomic mass is 9.48. The molecule has 0 radical (unpaired) electrons. The molecule has 6 rings (SSSR count). The zero-order valence-corrected chi connectivity index (χ0v) is 21.0. The van der Waals surface area contributed by atoms with E-state index >= 15 is 0 Å². The van der Waals surface area contributed by atoms with Crippen LogP contribution in [0.15, 0.2) is 23.1 Å². The Morgan fingerprint density at radius 3 is 2.36 bits per heavy atom. The van der Waals surface area contributed by atoms with Crippen molar-refractivity contribution >= 4 is 27.0 Å². The lowest BCUT2D eigenvalue weighted by Gasteiger charge is -2.59. The van der Waals surface area contributed by atoms with Gasteiger partial charge >= 0.3 is 0 Å². The number of aromatic nitrogens is 2. The minimum atomic E-state index is -3.51. The molecule has 4 aliphatic carbocycles. The van der Waals surface area contributed by atoms with Gasteiger partial charge in [-0.3, -0.25) is 4.79 Å². The Kier molecular flexibility index (Phi) is 5.59. The Bertz CT molecular complexity index is 1150. The van der Waals surface area contributed by atoms with Crippen molar-refractivity contribution in [1.82, 2.24) is 19.2 Å². The number of rotatable bonds is 7. The van der Waals surface area contributed by atoms with Crippen LogP contribution in [0.1, 0.15) is 57.7 Å². The van der Waals surface area contributed by atoms with E-state index in [1.807, 2.05) is 11.6 Å². The molecule has 8 heteroatoms. The van der Waals surface area contributed by atoms with Crippen molar-refractivity contribution in [2.75, 3.05) is 14.1 Å². The van der Waals surface area contributed by atoms with Gasteiger partial charge in [-0.15, -0.1) is 0 Å². The zero-order valence-electron chi connectivity index (χ0n) is 20.2. The van der Waals surface area contributed by atoms with E-state index in [9.17, 15) is 13.2 Å². The second-order valence-electron chi connectivity index (χ2n) is 11.1. The summed E-state index contributed by atoms with van der Waals surface area (Å²) >= 11 is 0. The van der Waals surface area contributed by atoms with Crippen LogP contribution < -0.4 is 5.32 Å². The van der Waals surface area contributed by atoms with Crippen molar-refractivity contribution in [2.24, 2.45) is 30.2 Å². The average molecular weight is 473 g/mol. The summed E-state index contributed by atoms with van der Waals surface area (Å²) in [5.74, 6) is 3.49. The predicted molar refractivity (Wildman–Crippen MR) is 128 cm³/mol. The first-order chi connectivity index (χ1) is 15.6. The Morgan fingerprint density at radius 1 is 1.18 bits per heavy atom. The molecule has 180 valence electrons. The Balaban J connectivity index is 1.25. The summed E-state index contributed by atoms with van der Waals surface area (Å²) in [5, 5.41) is 3.34. The summed E-state index contributed by atoms with van der Waals surface area (Å²) in [6, 6.07) is 5.24. The van der Waals surface area contributed by atoms with E-state index in [1.54, 1.807) is 18.2 Å². The second kappa shape index (κ2) is 8.08. The van der Waals surface area contributed by atoms with Crippen molar-refractivity contribution in [1.29, 1.82) is 0 Å². The summed E-state index contributed by atoms with van der Waals surface area (Å²) in [5.41, 5.74) is 1.80. The summed E-state index contributed by atoms with van der Waals surface area (Å²) in [6.07, 6.45) is 8.98. The fourth-order valence-electron chi connectivity index (χ4n) is 7.22. The van der Waals surface area contributed by atoms with Crippen LogP contribution in [0, 0.1) is 23.2 Å². The number of amides is 1. The molecule has 4 saturated carbocycles. The number of carbonyl (C=O) groups excluding carboxylic acids is 1. The fraction of sp³-hybridized carbons (Fsp3) is 0.680. The average Bonchev–Trinajstić information content (AvgIpc) is 3.06. The molecular weight excluding hydrogens is 436 g/mol. The standard InChI is InChI=1S/C25H36N4O3S/c1-16(25-13-17-9-18(14-25)11-19(10-17)15-25)26-24(30)8-7-23-27-21-12-20(33(31,32)28(2)3)5-6-22(21)29(23)4/h5-6,12,16-19H,7-11,13-15H2,1-4H3,(H,26,30)/t16-,17?,18?,19?,25?/m1/s1. The van der Waals surface area contributed by atoms with Gasteiger partial charge in [0.25, 0.3) is 0 Å². The number of hydrogen-bond donors (Lipinski definition) is 1. The summed E-state index contributed by atoms with van der Waals surface area (Å²) < 4.78 is 28.1. The van der Waals surface area contributed by atoms with Crippen LogP contribution in [-0.2, 0) is 28.3 Å². The second-order valence-corrected chi connectivity index (χ2v) is 13.2. The Morgan fingerprint density at radius 2 is 1.79 bits per heavy atom. The lowest BCUT2D eigenvalue weighted by Crippen LogP contribution is -2.55. The van der Waals surface area contributed by atoms with E-state index in [4.69, 9.17) is 0 Å². The molecule has 7 nitrogen and oxygen atoms in total. The number of fused-ring (bicyclic) bond motifs is 1. The molecule has 33 heavy (non-hydrogen) atoms. The molecule has 1 heterocycles. The molecule has 0 saturated heterocycles. The highest BCUT2D eigenvalue weighted by Gasteiger charge is 2.53. The molecule has 1 atom stereocenters. The van der Waals surface area contributed by atoms with E-state index < -0.39 is 10.0 Å². The number of nitrogens with zero attached hydrogens (tertiary/aromatic N) is 3. The maximum Gasteiger partial charge on any atom is 0.242 e. The van der Waals surface area contributed by atoms with Crippen molar-refractivity contribution < 1.29 is 13.2 Å². The maximum atomic E-state index is 12.9. The van der Waals surface area contributed by atoms with Crippen molar-refractivity contribution in [3.8, 4) is 0 Å². The topological polar surface area (TPSA) is 84.3 Å². The van der Waals surface area contributed by atoms with Crippen LogP contribution in [0.3, 0.4) is 0 Å². The van der Waals surface area contributed by atoms with Gasteiger partial charge in [0.05, 0.1) is 15.9 Å². The van der Waals surface area contributed by atoms with Crippen LogP contribution in [0.4, 0.5) is 0 Å². The predicted octanol–water partition coefficient (Wildman–Crippen LogP) is 3.48. The fourth-order valence-corrected chi connectivity index (χ4v) is 8.15. The van der Waals surface area contributed by atoms with Gasteiger partial charge in [0.15, 0.2) is 0 Å². The number of carbonyl (C=O) groups is 1. The molecule has 1 amide bonds. The normalized spacial score (nSPS) is 29.7. The number of sulfonamides is 1. The highest BCUT2D eigenvalue weighted by atomic mass is 32.2. The van der Waals surface area contributed by atoms with Crippen LogP contribution in [0.5, 0.6) is 0 Å². The minimum Gasteiger partial charge on any atom is -0.353 e. The third-order valence-corrected chi connectivity index (χ3v) is 10.5. The van der Waals surface area contributed by atoms with Crippen LogP contribution in [-0.4, -0.2) is 48.3 Å². The summed E-state index contributed by atoms with van der Waals surface area (Å²) in [6.45, 7) is 2.22. The first-order valence-electron chi connectivity index (χ1n) is 12.2. The van der Waals surface area contributed by atoms with E-state index in [1.165, 1.54) is 56.9 Å². The summed E-state index contributed by atoms with van der Waals surface area (Å²) in [7, 11) is 1.45. The Hall–Kier alpha value is -1.93. The quantitative estimate of drug-likeness (QED) is 0.669. The lowest BCUT2D eigenvalue weighted by molar-refractivity contribution is -0.125. The molecule has 4 fully saturated rings. The van der Waals surface area contributed by atoms with Gasteiger partial charge in [0.2, 0.25) is 15.9 Å². The van der Waals surface area contributed by atoms with Gasteiger partial charge in [-0.05, 0) is 86.8 Å². The van der Waals surface area contributed by atoms with E-state index in [0.717, 1.165) is 29.1 Å². The molecule has 2 aromatic rings. The third-order valence-electron chi connectivity index (χ3n) is 8.68. The number of hydrogen-bond acceptors (Lipinski definition) is 4. The molecule has 1 aromatic carbocycles. The van der Waals surface area contributed by atoms with Crippen molar-refractivity contribution in [3.05, 3.63) is 24.0 Å². The van der Waals surface area contributed by atoms with Crippen molar-refractivity contribution in [2.45, 2.75) is 69.2 Å². The zero-order chi connectivity index (χ0) is 23.5. The molecule has 0 aliphatic heterocycles. The summed E-state index contributed by atoms with van der Waals surface area (Å²) in [4.78, 5) is 17.8. The third kappa shape index (κ3) is 3.99. The maximum absolute atomic E-state index is 12.9. The first-order valence-corrected chi connectivity index (χ1v) is 13.7. The van der Waals surface area contributed by atoms with Gasteiger partial charge in [0.1, 0.15) is 5.82 Å². The molecule has 0 unspecified atom stereocenters. The molecule has 1 N–H and O–H groups in total. The minimum absolute atomic E-state index is 0.0844. The largest absolute Gasteiger partial charge is 0.353 e.